The minimum atomic E-state index is -0.758. The van der Waals surface area contributed by atoms with E-state index >= 15 is 0 Å². The second kappa shape index (κ2) is 6.01. The summed E-state index contributed by atoms with van der Waals surface area (Å²) in [6, 6.07) is 18.5. The Morgan fingerprint density at radius 2 is 1.71 bits per heavy atom. The van der Waals surface area contributed by atoms with Crippen LogP contribution < -0.4 is 0 Å². The fraction of sp³-hybridized carbons (Fsp3) is 0.364. The highest BCUT2D eigenvalue weighted by atomic mass is 16.2. The van der Waals surface area contributed by atoms with E-state index in [2.05, 4.69) is 24.3 Å². The SMILES string of the molecule is O=C1CCC2C(=O)C1(CCCc1ccccc1)Cc1ccccc12. The maximum absolute atomic E-state index is 13.1. The first-order chi connectivity index (χ1) is 11.7. The third kappa shape index (κ3) is 2.41. The first kappa shape index (κ1) is 15.3. The van der Waals surface area contributed by atoms with Gasteiger partial charge in [0.15, 0.2) is 5.78 Å². The van der Waals surface area contributed by atoms with Crippen molar-refractivity contribution in [3.05, 3.63) is 71.3 Å². The highest BCUT2D eigenvalue weighted by Crippen LogP contribution is 2.49. The quantitative estimate of drug-likeness (QED) is 0.789. The largest absolute Gasteiger partial charge is 0.299 e. The molecular weight excluding hydrogens is 296 g/mol. The van der Waals surface area contributed by atoms with Crippen LogP contribution in [0.5, 0.6) is 0 Å². The normalized spacial score (nSPS) is 25.4. The predicted octanol–water partition coefficient (Wildman–Crippen LogP) is 4.27. The summed E-state index contributed by atoms with van der Waals surface area (Å²) in [6.07, 6.45) is 4.34. The second-order valence-electron chi connectivity index (χ2n) is 7.18. The third-order valence-corrected chi connectivity index (χ3v) is 5.82. The van der Waals surface area contributed by atoms with Gasteiger partial charge >= 0.3 is 0 Å². The van der Waals surface area contributed by atoms with Gasteiger partial charge in [-0.1, -0.05) is 54.6 Å². The molecule has 2 atom stereocenters. The molecule has 1 fully saturated rings. The van der Waals surface area contributed by atoms with Gasteiger partial charge in [0.25, 0.3) is 0 Å². The van der Waals surface area contributed by atoms with Crippen molar-refractivity contribution in [1.82, 2.24) is 0 Å². The van der Waals surface area contributed by atoms with Crippen LogP contribution in [0.2, 0.25) is 0 Å². The van der Waals surface area contributed by atoms with Gasteiger partial charge in [-0.25, -0.2) is 0 Å². The lowest BCUT2D eigenvalue weighted by atomic mass is 9.57. The molecule has 2 nitrogen and oxygen atoms in total. The summed E-state index contributed by atoms with van der Waals surface area (Å²) < 4.78 is 0. The van der Waals surface area contributed by atoms with Crippen LogP contribution in [0, 0.1) is 5.41 Å². The average Bonchev–Trinajstić information content (AvgIpc) is 2.61. The van der Waals surface area contributed by atoms with Crippen molar-refractivity contribution < 1.29 is 9.59 Å². The summed E-state index contributed by atoms with van der Waals surface area (Å²) in [5.41, 5.74) is 2.88. The molecule has 0 saturated heterocycles. The topological polar surface area (TPSA) is 34.1 Å². The second-order valence-corrected chi connectivity index (χ2v) is 7.18. The number of Topliss-reactive ketones (excluding diaryl/α,β-unsaturated/α-hetero) is 2. The average molecular weight is 318 g/mol. The Morgan fingerprint density at radius 3 is 2.54 bits per heavy atom. The Balaban J connectivity index is 1.59. The molecule has 0 heterocycles. The number of carbonyl (C=O) groups excluding carboxylic acids is 2. The van der Waals surface area contributed by atoms with Gasteiger partial charge < -0.3 is 0 Å². The van der Waals surface area contributed by atoms with E-state index in [9.17, 15) is 9.59 Å². The van der Waals surface area contributed by atoms with Crippen molar-refractivity contribution in [2.75, 3.05) is 0 Å². The number of aryl methyl sites for hydroxylation is 1. The molecule has 2 aromatic carbocycles. The van der Waals surface area contributed by atoms with E-state index in [1.54, 1.807) is 0 Å². The maximum Gasteiger partial charge on any atom is 0.154 e. The molecule has 0 aromatic heterocycles. The lowest BCUT2D eigenvalue weighted by molar-refractivity contribution is -0.146. The van der Waals surface area contributed by atoms with Gasteiger partial charge in [0.2, 0.25) is 0 Å². The van der Waals surface area contributed by atoms with Crippen LogP contribution in [0.1, 0.15) is 48.3 Å². The third-order valence-electron chi connectivity index (χ3n) is 5.82. The lowest BCUT2D eigenvalue weighted by Gasteiger charge is -2.43. The van der Waals surface area contributed by atoms with Crippen molar-refractivity contribution in [1.29, 1.82) is 0 Å². The number of carbonyl (C=O) groups is 2. The van der Waals surface area contributed by atoms with Gasteiger partial charge in [0, 0.05) is 12.3 Å². The maximum atomic E-state index is 13.1. The van der Waals surface area contributed by atoms with E-state index in [4.69, 9.17) is 0 Å². The van der Waals surface area contributed by atoms with Crippen LogP contribution in [-0.4, -0.2) is 11.6 Å². The van der Waals surface area contributed by atoms with E-state index in [0.29, 0.717) is 25.7 Å². The van der Waals surface area contributed by atoms with Crippen LogP contribution in [0.25, 0.3) is 0 Å². The zero-order valence-electron chi connectivity index (χ0n) is 13.8. The number of rotatable bonds is 4. The number of benzene rings is 2. The molecule has 122 valence electrons. The summed E-state index contributed by atoms with van der Waals surface area (Å²) >= 11 is 0. The van der Waals surface area contributed by atoms with E-state index < -0.39 is 5.41 Å². The van der Waals surface area contributed by atoms with E-state index in [1.165, 1.54) is 11.1 Å². The van der Waals surface area contributed by atoms with E-state index in [1.807, 2.05) is 30.3 Å². The monoisotopic (exact) mass is 318 g/mol. The molecule has 2 unspecified atom stereocenters. The standard InChI is InChI=1S/C22H22O2/c23-20-13-12-19-18-11-5-4-10-17(18)15-22(20,21(19)24)14-6-9-16-7-2-1-3-8-16/h1-5,7-8,10-11,19H,6,9,12-15H2. The van der Waals surface area contributed by atoms with Crippen LogP contribution in [-0.2, 0) is 22.4 Å². The van der Waals surface area contributed by atoms with Gasteiger partial charge in [-0.15, -0.1) is 0 Å². The molecule has 1 saturated carbocycles. The Morgan fingerprint density at radius 1 is 0.958 bits per heavy atom. The number of ketones is 2. The summed E-state index contributed by atoms with van der Waals surface area (Å²) in [7, 11) is 0. The highest BCUT2D eigenvalue weighted by Gasteiger charge is 2.53. The van der Waals surface area contributed by atoms with E-state index in [0.717, 1.165) is 18.4 Å². The van der Waals surface area contributed by atoms with Gasteiger partial charge in [-0.3, -0.25) is 9.59 Å². The fourth-order valence-electron chi connectivity index (χ4n) is 4.55. The summed E-state index contributed by atoms with van der Waals surface area (Å²) in [4.78, 5) is 25.9. The molecule has 0 spiro atoms. The fourth-order valence-corrected chi connectivity index (χ4v) is 4.55. The number of fused-ring (bicyclic) bond motifs is 4. The molecule has 2 bridgehead atoms. The predicted molar refractivity (Wildman–Crippen MR) is 93.9 cm³/mol. The van der Waals surface area contributed by atoms with Gasteiger partial charge in [0.1, 0.15) is 5.78 Å². The molecular formula is C22H22O2. The molecule has 4 rings (SSSR count). The van der Waals surface area contributed by atoms with Crippen molar-refractivity contribution in [3.8, 4) is 0 Å². The minimum Gasteiger partial charge on any atom is -0.299 e. The zero-order chi connectivity index (χ0) is 16.6. The molecule has 0 aliphatic heterocycles. The molecule has 0 amide bonds. The van der Waals surface area contributed by atoms with Gasteiger partial charge in [-0.2, -0.15) is 0 Å². The van der Waals surface area contributed by atoms with Crippen molar-refractivity contribution in [3.63, 3.8) is 0 Å². The number of hydrogen-bond acceptors (Lipinski definition) is 2. The molecule has 24 heavy (non-hydrogen) atoms. The Bertz CT molecular complexity index is 778. The van der Waals surface area contributed by atoms with Gasteiger partial charge in [0.05, 0.1) is 5.41 Å². The molecule has 0 radical (unpaired) electrons. The van der Waals surface area contributed by atoms with Crippen LogP contribution >= 0.6 is 0 Å². The molecule has 2 heteroatoms. The van der Waals surface area contributed by atoms with Gasteiger partial charge in [-0.05, 0) is 48.8 Å². The minimum absolute atomic E-state index is 0.0654. The van der Waals surface area contributed by atoms with Crippen molar-refractivity contribution >= 4 is 11.6 Å². The van der Waals surface area contributed by atoms with E-state index in [-0.39, 0.29) is 17.5 Å². The molecule has 0 N–H and O–H groups in total. The first-order valence-corrected chi connectivity index (χ1v) is 8.90. The molecule has 2 aliphatic rings. The summed E-state index contributed by atoms with van der Waals surface area (Å²) in [5, 5.41) is 0. The lowest BCUT2D eigenvalue weighted by Crippen LogP contribution is -2.50. The van der Waals surface area contributed by atoms with Crippen LogP contribution in [0.4, 0.5) is 0 Å². The molecule has 2 aliphatic carbocycles. The summed E-state index contributed by atoms with van der Waals surface area (Å²) in [5.74, 6) is 0.293. The smallest absolute Gasteiger partial charge is 0.154 e. The highest BCUT2D eigenvalue weighted by molar-refractivity contribution is 6.13. The summed E-state index contributed by atoms with van der Waals surface area (Å²) in [6.45, 7) is 0. The zero-order valence-corrected chi connectivity index (χ0v) is 13.8. The van der Waals surface area contributed by atoms with Crippen LogP contribution in [0.15, 0.2) is 54.6 Å². The Labute approximate surface area is 142 Å². The van der Waals surface area contributed by atoms with Crippen molar-refractivity contribution in [2.24, 2.45) is 5.41 Å². The van der Waals surface area contributed by atoms with Crippen LogP contribution in [0.3, 0.4) is 0 Å². The number of hydrogen-bond donors (Lipinski definition) is 0. The Hall–Kier alpha value is -2.22. The molecule has 2 aromatic rings. The van der Waals surface area contributed by atoms with Crippen molar-refractivity contribution in [2.45, 2.75) is 44.4 Å². The first-order valence-electron chi connectivity index (χ1n) is 8.90. The Kier molecular flexibility index (Phi) is 3.84.